The van der Waals surface area contributed by atoms with Crippen molar-refractivity contribution in [2.24, 2.45) is 0 Å². The number of hydrogen-bond donors (Lipinski definition) is 0. The molecule has 0 bridgehead atoms. The summed E-state index contributed by atoms with van der Waals surface area (Å²) in [5.41, 5.74) is 20.8. The molecule has 0 fully saturated rings. The van der Waals surface area contributed by atoms with Crippen LogP contribution in [0, 0.1) is 13.8 Å². The maximum absolute atomic E-state index is 11.5. The molecule has 0 unspecified atom stereocenters. The number of nitrogens with zero attached hydrogens (tertiary/aromatic N) is 2. The van der Waals surface area contributed by atoms with Crippen molar-refractivity contribution in [3.05, 3.63) is 87.5 Å². The summed E-state index contributed by atoms with van der Waals surface area (Å²) in [4.78, 5) is 0. The van der Waals surface area contributed by atoms with E-state index in [1.165, 1.54) is 256 Å². The van der Waals surface area contributed by atoms with Crippen molar-refractivity contribution in [1.29, 1.82) is 0 Å². The normalized spacial score (nSPS) is 12.8. The van der Waals surface area contributed by atoms with Crippen LogP contribution in [0.25, 0.3) is 16.9 Å². The number of rotatable bonds is 42. The summed E-state index contributed by atoms with van der Waals surface area (Å²) in [5.74, 6) is 0. The van der Waals surface area contributed by atoms with Crippen LogP contribution in [0.2, 0.25) is 10.8 Å². The topological polar surface area (TPSA) is 25.3 Å². The minimum absolute atomic E-state index is 0.981. The summed E-state index contributed by atoms with van der Waals surface area (Å²) in [6.07, 6.45) is 53.5. The summed E-state index contributed by atoms with van der Waals surface area (Å²) >= 11 is 2.04. The third-order valence-corrected chi connectivity index (χ3v) is 15.1. The van der Waals surface area contributed by atoms with Crippen LogP contribution in [0.3, 0.4) is 0 Å². The van der Waals surface area contributed by atoms with Gasteiger partial charge in [0.1, 0.15) is 0 Å². The van der Waals surface area contributed by atoms with Gasteiger partial charge >= 0.3 is 166 Å². The molecule has 374 valence electrons. The van der Waals surface area contributed by atoms with Gasteiger partial charge in [0, 0.05) is 22.3 Å². The summed E-state index contributed by atoms with van der Waals surface area (Å²) in [5, 5.41) is 2.87. The van der Waals surface area contributed by atoms with E-state index in [1.807, 2.05) is 14.4 Å². The third kappa shape index (κ3) is 28.8. The number of unbranched alkanes of at least 4 members (excludes halogenated alkanes) is 32. The van der Waals surface area contributed by atoms with Crippen LogP contribution in [0.5, 0.6) is 0 Å². The number of allylic oxidation sites excluding steroid dienone is 2. The van der Waals surface area contributed by atoms with Crippen LogP contribution in [0.4, 0.5) is 0 Å². The third-order valence-electron chi connectivity index (χ3n) is 13.7. The summed E-state index contributed by atoms with van der Waals surface area (Å²) in [7, 11) is 0. The first-order valence-corrected chi connectivity index (χ1v) is 29.9. The number of benzene rings is 2. The standard InChI is InChI=1S/C28H36N2.2C17H35.Ni/c1-5-7-9-10-18-26-25(17-8-6-2)27(23-15-11-13-21(3)19-23)30(29)28(26)24-16-12-14-22(4)20-24;2*1-3-5-7-9-11-13-15-17-16-14-12-10-8-6-4-2;/h11-16,19-20H,5-10,17-18H2,1-4H3;2*1,3-17H2,2H3;. The van der Waals surface area contributed by atoms with E-state index in [9.17, 15) is 5.53 Å². The molecule has 0 amide bonds. The van der Waals surface area contributed by atoms with Crippen LogP contribution in [0.1, 0.15) is 294 Å². The molecule has 0 saturated carbocycles. The van der Waals surface area contributed by atoms with Gasteiger partial charge in [-0.15, -0.1) is 0 Å². The van der Waals surface area contributed by atoms with Gasteiger partial charge in [-0.1, -0.05) is 140 Å². The summed E-state index contributed by atoms with van der Waals surface area (Å²) in [6.45, 7) is 13.3. The Bertz CT molecular complexity index is 1470. The fraction of sp³-hybridized carbons (Fsp3) is 0.742. The molecule has 0 aliphatic carbocycles. The van der Waals surface area contributed by atoms with Crippen molar-refractivity contribution in [1.82, 2.24) is 0 Å². The second-order valence-corrected chi connectivity index (χ2v) is 21.5. The molecule has 1 aliphatic heterocycles. The Morgan fingerprint density at radius 3 is 0.938 bits per heavy atom. The van der Waals surface area contributed by atoms with Gasteiger partial charge in [-0.3, -0.25) is 0 Å². The zero-order chi connectivity index (χ0) is 46.8. The zero-order valence-electron chi connectivity index (χ0n) is 44.1. The second-order valence-electron chi connectivity index (χ2n) is 20.0. The minimum Gasteiger partial charge on any atom is -0.0654 e. The molecule has 0 aromatic heterocycles. The van der Waals surface area contributed by atoms with Gasteiger partial charge in [0.2, 0.25) is 11.4 Å². The van der Waals surface area contributed by atoms with E-state index in [1.54, 1.807) is 0 Å². The van der Waals surface area contributed by atoms with Crippen LogP contribution >= 0.6 is 0 Å². The van der Waals surface area contributed by atoms with Gasteiger partial charge in [-0.25, -0.2) is 4.70 Å². The van der Waals surface area contributed by atoms with Gasteiger partial charge < -0.3 is 5.53 Å². The maximum atomic E-state index is 11.5. The fourth-order valence-electron chi connectivity index (χ4n) is 9.59. The van der Waals surface area contributed by atoms with Gasteiger partial charge in [0.15, 0.2) is 0 Å². The molecule has 1 heterocycles. The Morgan fingerprint density at radius 1 is 0.354 bits per heavy atom. The average molecular weight is 938 g/mol. The van der Waals surface area contributed by atoms with E-state index in [0.717, 1.165) is 48.2 Å². The first-order valence-electron chi connectivity index (χ1n) is 28.5. The second kappa shape index (κ2) is 42.1. The van der Waals surface area contributed by atoms with E-state index in [4.69, 9.17) is 0 Å². The summed E-state index contributed by atoms with van der Waals surface area (Å²) < 4.78 is 1.49. The monoisotopic (exact) mass is 937 g/mol. The first kappa shape index (κ1) is 59.1. The van der Waals surface area contributed by atoms with Crippen molar-refractivity contribution in [3.8, 4) is 0 Å². The molecule has 1 aliphatic rings. The summed E-state index contributed by atoms with van der Waals surface area (Å²) in [6, 6.07) is 17.1. The Balaban J connectivity index is 0.000000450. The molecule has 2 aromatic rings. The van der Waals surface area contributed by atoms with Gasteiger partial charge in [0.05, 0.1) is 0 Å². The zero-order valence-corrected chi connectivity index (χ0v) is 45.1. The first-order chi connectivity index (χ1) is 32.0. The van der Waals surface area contributed by atoms with Gasteiger partial charge in [-0.2, -0.15) is 0 Å². The predicted molar refractivity (Wildman–Crippen MR) is 288 cm³/mol. The van der Waals surface area contributed by atoms with Gasteiger partial charge in [-0.05, 0) is 63.8 Å². The molecule has 0 radical (unpaired) electrons. The van der Waals surface area contributed by atoms with Crippen LogP contribution < -0.4 is 0 Å². The average Bonchev–Trinajstić information content (AvgIpc) is 3.59. The van der Waals surface area contributed by atoms with E-state index < -0.39 is 0 Å². The molecule has 3 rings (SSSR count). The molecule has 65 heavy (non-hydrogen) atoms. The van der Waals surface area contributed by atoms with Crippen LogP contribution in [-0.2, 0) is 14.4 Å². The molecule has 2 aromatic carbocycles. The Kier molecular flexibility index (Phi) is 38.3. The van der Waals surface area contributed by atoms with Crippen LogP contribution in [-0.4, -0.2) is 4.70 Å². The van der Waals surface area contributed by atoms with Crippen molar-refractivity contribution in [2.75, 3.05) is 0 Å². The molecule has 0 atom stereocenters. The molecule has 0 spiro atoms. The molecule has 3 heteroatoms. The molecular formula is C62H106N2Ni. The predicted octanol–water partition coefficient (Wildman–Crippen LogP) is 22.3. The van der Waals surface area contributed by atoms with Gasteiger partial charge in [0.25, 0.3) is 0 Å². The molecule has 2 nitrogen and oxygen atoms in total. The van der Waals surface area contributed by atoms with Crippen molar-refractivity contribution in [3.63, 3.8) is 0 Å². The van der Waals surface area contributed by atoms with Crippen molar-refractivity contribution < 1.29 is 19.1 Å². The van der Waals surface area contributed by atoms with Crippen molar-refractivity contribution in [2.45, 2.75) is 296 Å². The van der Waals surface area contributed by atoms with E-state index in [-0.39, 0.29) is 0 Å². The molecule has 0 saturated heterocycles. The van der Waals surface area contributed by atoms with E-state index in [0.29, 0.717) is 0 Å². The Labute approximate surface area is 412 Å². The van der Waals surface area contributed by atoms with E-state index >= 15 is 0 Å². The number of aryl methyl sites for hydroxylation is 2. The minimum atomic E-state index is 0.981. The smallest absolute Gasteiger partial charge is 0.0654 e. The molecule has 0 N–H and O–H groups in total. The quantitative estimate of drug-likeness (QED) is 0.0360. The molecular weight excluding hydrogens is 831 g/mol. The SMILES string of the molecule is CCCCCCC1=C(c2cccc(C)c2)[N+](=[N-])C(c2cccc(C)c2)=C1CCCC.CCCCCCCCCCCCCCCC[CH2][Ni][CH2]CCCCCCCCCCCCCCCC. The van der Waals surface area contributed by atoms with Crippen molar-refractivity contribution >= 4 is 11.4 Å². The number of hydrogen-bond acceptors (Lipinski definition) is 0. The van der Waals surface area contributed by atoms with Crippen LogP contribution in [0.15, 0.2) is 59.7 Å². The Morgan fingerprint density at radius 2 is 0.631 bits per heavy atom. The fourth-order valence-corrected chi connectivity index (χ4v) is 10.8. The Hall–Kier alpha value is -1.99. The van der Waals surface area contributed by atoms with E-state index in [2.05, 4.69) is 90.1 Å².